The smallest absolute Gasteiger partial charge is 0.303 e. The Morgan fingerprint density at radius 1 is 1.33 bits per heavy atom. The number of piperidine rings is 1. The van der Waals surface area contributed by atoms with Gasteiger partial charge in [0, 0.05) is 25.6 Å². The zero-order valence-electron chi connectivity index (χ0n) is 12.3. The van der Waals surface area contributed by atoms with Crippen LogP contribution in [0, 0.1) is 12.8 Å². The van der Waals surface area contributed by atoms with Crippen LogP contribution in [-0.4, -0.2) is 35.0 Å². The van der Waals surface area contributed by atoms with Crippen molar-refractivity contribution in [3.63, 3.8) is 0 Å². The maximum atomic E-state index is 12.1. The molecule has 1 aromatic rings. The van der Waals surface area contributed by atoms with Crippen molar-refractivity contribution in [2.24, 2.45) is 5.92 Å². The number of hydrogen-bond donors (Lipinski definition) is 1. The van der Waals surface area contributed by atoms with Crippen molar-refractivity contribution in [3.05, 3.63) is 41.5 Å². The Labute approximate surface area is 125 Å². The van der Waals surface area contributed by atoms with Crippen LogP contribution in [0.3, 0.4) is 0 Å². The molecule has 1 fully saturated rings. The molecule has 1 aromatic carbocycles. The number of rotatable bonds is 4. The van der Waals surface area contributed by atoms with Gasteiger partial charge < -0.3 is 10.0 Å². The highest BCUT2D eigenvalue weighted by molar-refractivity contribution is 5.91. The molecule has 2 rings (SSSR count). The van der Waals surface area contributed by atoms with Crippen molar-refractivity contribution in [1.29, 1.82) is 0 Å². The third kappa shape index (κ3) is 4.74. The number of carboxylic acids is 1. The molecule has 1 saturated heterocycles. The standard InChI is InChI=1S/C17H21NO3/c1-13-3-2-4-14(11-13)5-6-16(19)18-9-7-15(8-10-18)12-17(20)21/h2-6,11,15H,7-10,12H2,1H3,(H,20,21). The van der Waals surface area contributed by atoms with E-state index >= 15 is 0 Å². The van der Waals surface area contributed by atoms with Gasteiger partial charge in [-0.2, -0.15) is 0 Å². The van der Waals surface area contributed by atoms with E-state index in [4.69, 9.17) is 5.11 Å². The average molecular weight is 287 g/mol. The lowest BCUT2D eigenvalue weighted by Crippen LogP contribution is -2.37. The van der Waals surface area contributed by atoms with Crippen LogP contribution in [0.15, 0.2) is 30.3 Å². The second-order valence-corrected chi connectivity index (χ2v) is 5.61. The van der Waals surface area contributed by atoms with Crippen LogP contribution < -0.4 is 0 Å². The molecule has 21 heavy (non-hydrogen) atoms. The number of likely N-dealkylation sites (tertiary alicyclic amines) is 1. The lowest BCUT2D eigenvalue weighted by molar-refractivity contribution is -0.138. The van der Waals surface area contributed by atoms with E-state index in [-0.39, 0.29) is 18.2 Å². The first-order valence-corrected chi connectivity index (χ1v) is 7.30. The van der Waals surface area contributed by atoms with Crippen molar-refractivity contribution >= 4 is 18.0 Å². The molecule has 0 aliphatic carbocycles. The molecule has 0 bridgehead atoms. The monoisotopic (exact) mass is 287 g/mol. The Kier molecular flexibility index (Phi) is 5.14. The van der Waals surface area contributed by atoms with Crippen LogP contribution in [0.4, 0.5) is 0 Å². The summed E-state index contributed by atoms with van der Waals surface area (Å²) >= 11 is 0. The molecule has 0 unspecified atom stereocenters. The van der Waals surface area contributed by atoms with Gasteiger partial charge >= 0.3 is 5.97 Å². The number of benzene rings is 1. The quantitative estimate of drug-likeness (QED) is 0.866. The van der Waals surface area contributed by atoms with Gasteiger partial charge in [0.2, 0.25) is 5.91 Å². The number of aliphatic carboxylic acids is 1. The molecule has 1 N–H and O–H groups in total. The molecular formula is C17H21NO3. The van der Waals surface area contributed by atoms with Crippen molar-refractivity contribution < 1.29 is 14.7 Å². The highest BCUT2D eigenvalue weighted by atomic mass is 16.4. The maximum Gasteiger partial charge on any atom is 0.303 e. The van der Waals surface area contributed by atoms with E-state index in [1.807, 2.05) is 37.3 Å². The predicted octanol–water partition coefficient (Wildman–Crippen LogP) is 2.72. The Bertz CT molecular complexity index is 543. The van der Waals surface area contributed by atoms with E-state index in [0.29, 0.717) is 13.1 Å². The van der Waals surface area contributed by atoms with Gasteiger partial charge in [-0.3, -0.25) is 9.59 Å². The summed E-state index contributed by atoms with van der Waals surface area (Å²) in [5.41, 5.74) is 2.18. The first kappa shape index (κ1) is 15.3. The van der Waals surface area contributed by atoms with E-state index in [2.05, 4.69) is 0 Å². The fraction of sp³-hybridized carbons (Fsp3) is 0.412. The Hall–Kier alpha value is -2.10. The molecule has 0 atom stereocenters. The molecule has 1 aliphatic heterocycles. The van der Waals surface area contributed by atoms with Crippen molar-refractivity contribution in [2.75, 3.05) is 13.1 Å². The zero-order chi connectivity index (χ0) is 15.2. The second kappa shape index (κ2) is 7.07. The molecule has 4 heteroatoms. The first-order valence-electron chi connectivity index (χ1n) is 7.30. The summed E-state index contributed by atoms with van der Waals surface area (Å²) < 4.78 is 0. The molecule has 112 valence electrons. The van der Waals surface area contributed by atoms with Crippen molar-refractivity contribution in [2.45, 2.75) is 26.2 Å². The second-order valence-electron chi connectivity index (χ2n) is 5.61. The number of carbonyl (C=O) groups excluding carboxylic acids is 1. The molecule has 0 radical (unpaired) electrons. The van der Waals surface area contributed by atoms with Gasteiger partial charge in [0.25, 0.3) is 0 Å². The number of carbonyl (C=O) groups is 2. The molecule has 0 spiro atoms. The summed E-state index contributed by atoms with van der Waals surface area (Å²) in [4.78, 5) is 24.6. The van der Waals surface area contributed by atoms with Gasteiger partial charge in [0.1, 0.15) is 0 Å². The minimum absolute atomic E-state index is 0.00489. The molecule has 1 aliphatic rings. The normalized spacial score (nSPS) is 16.3. The molecule has 0 saturated carbocycles. The number of carboxylic acid groups (broad SMARTS) is 1. The minimum atomic E-state index is -0.751. The van der Waals surface area contributed by atoms with E-state index in [0.717, 1.165) is 18.4 Å². The number of aryl methyl sites for hydroxylation is 1. The minimum Gasteiger partial charge on any atom is -0.481 e. The molecule has 1 amide bonds. The van der Waals surface area contributed by atoms with E-state index < -0.39 is 5.97 Å². The summed E-state index contributed by atoms with van der Waals surface area (Å²) in [5.74, 6) is -0.545. The van der Waals surface area contributed by atoms with Gasteiger partial charge in [-0.1, -0.05) is 29.8 Å². The van der Waals surface area contributed by atoms with Crippen LogP contribution in [0.5, 0.6) is 0 Å². The van der Waals surface area contributed by atoms with Gasteiger partial charge in [0.15, 0.2) is 0 Å². The largest absolute Gasteiger partial charge is 0.481 e. The average Bonchev–Trinajstić information content (AvgIpc) is 2.45. The van der Waals surface area contributed by atoms with Crippen molar-refractivity contribution in [1.82, 2.24) is 4.90 Å². The summed E-state index contributed by atoms with van der Waals surface area (Å²) in [6, 6.07) is 7.99. The Balaban J connectivity index is 1.86. The molecule has 1 heterocycles. The fourth-order valence-corrected chi connectivity index (χ4v) is 2.65. The lowest BCUT2D eigenvalue weighted by Gasteiger charge is -2.30. The van der Waals surface area contributed by atoms with E-state index in [1.165, 1.54) is 5.56 Å². The molecule has 4 nitrogen and oxygen atoms in total. The number of hydrogen-bond acceptors (Lipinski definition) is 2. The maximum absolute atomic E-state index is 12.1. The Morgan fingerprint density at radius 3 is 2.67 bits per heavy atom. The third-order valence-corrected chi connectivity index (χ3v) is 3.85. The zero-order valence-corrected chi connectivity index (χ0v) is 12.3. The molecule has 0 aromatic heterocycles. The summed E-state index contributed by atoms with van der Waals surface area (Å²) in [6.45, 7) is 3.32. The third-order valence-electron chi connectivity index (χ3n) is 3.85. The molecular weight excluding hydrogens is 266 g/mol. The fourth-order valence-electron chi connectivity index (χ4n) is 2.65. The van der Waals surface area contributed by atoms with Crippen molar-refractivity contribution in [3.8, 4) is 0 Å². The van der Waals surface area contributed by atoms with Crippen LogP contribution in [0.1, 0.15) is 30.4 Å². The van der Waals surface area contributed by atoms with E-state index in [9.17, 15) is 9.59 Å². The number of nitrogens with zero attached hydrogens (tertiary/aromatic N) is 1. The SMILES string of the molecule is Cc1cccc(C=CC(=O)N2CCC(CC(=O)O)CC2)c1. The first-order chi connectivity index (χ1) is 10.0. The number of amides is 1. The van der Waals surface area contributed by atoms with Gasteiger partial charge in [0.05, 0.1) is 0 Å². The van der Waals surface area contributed by atoms with Crippen LogP contribution in [-0.2, 0) is 9.59 Å². The highest BCUT2D eigenvalue weighted by Crippen LogP contribution is 2.20. The van der Waals surface area contributed by atoms with Gasteiger partial charge in [-0.05, 0) is 37.3 Å². The highest BCUT2D eigenvalue weighted by Gasteiger charge is 2.23. The van der Waals surface area contributed by atoms with Gasteiger partial charge in [-0.15, -0.1) is 0 Å². The Morgan fingerprint density at radius 2 is 2.05 bits per heavy atom. The van der Waals surface area contributed by atoms with E-state index in [1.54, 1.807) is 11.0 Å². The topological polar surface area (TPSA) is 57.6 Å². The van der Waals surface area contributed by atoms with Gasteiger partial charge in [-0.25, -0.2) is 0 Å². The lowest BCUT2D eigenvalue weighted by atomic mass is 9.93. The summed E-state index contributed by atoms with van der Waals surface area (Å²) in [7, 11) is 0. The predicted molar refractivity (Wildman–Crippen MR) is 81.8 cm³/mol. The van der Waals surface area contributed by atoms with Crippen LogP contribution in [0.25, 0.3) is 6.08 Å². The van der Waals surface area contributed by atoms with Crippen LogP contribution in [0.2, 0.25) is 0 Å². The van der Waals surface area contributed by atoms with Crippen LogP contribution >= 0.6 is 0 Å². The summed E-state index contributed by atoms with van der Waals surface area (Å²) in [6.07, 6.45) is 5.19. The summed E-state index contributed by atoms with van der Waals surface area (Å²) in [5, 5.41) is 8.78.